The third-order valence-corrected chi connectivity index (χ3v) is 3.33. The van der Waals surface area contributed by atoms with E-state index in [1.54, 1.807) is 0 Å². The molecular formula is C15H19N5O. The zero-order valence-corrected chi connectivity index (χ0v) is 12.5. The summed E-state index contributed by atoms with van der Waals surface area (Å²) in [4.78, 5) is 3.34. The highest BCUT2D eigenvalue weighted by Gasteiger charge is 2.18. The quantitative estimate of drug-likeness (QED) is 0.902. The number of anilines is 1. The highest BCUT2D eigenvalue weighted by atomic mass is 16.3. The van der Waals surface area contributed by atoms with Crippen LogP contribution in [0.25, 0.3) is 5.69 Å². The van der Waals surface area contributed by atoms with Gasteiger partial charge in [-0.1, -0.05) is 12.1 Å². The first-order valence-electron chi connectivity index (χ1n) is 6.91. The molecule has 0 aliphatic carbocycles. The molecular weight excluding hydrogens is 266 g/mol. The molecule has 0 radical (unpaired) electrons. The standard InChI is InChI=1S/C15H19N5O/c1-4-19(7-8-21)15-13(10-16)17-20(18-15)14-9-11(2)5-6-12(14)3/h5-6,9,21H,4,7-8H2,1-3H3. The lowest BCUT2D eigenvalue weighted by atomic mass is 10.1. The predicted octanol–water partition coefficient (Wildman–Crippen LogP) is 1.57. The van der Waals surface area contributed by atoms with Crippen LogP contribution in [0.1, 0.15) is 23.7 Å². The lowest BCUT2D eigenvalue weighted by Gasteiger charge is -2.18. The van der Waals surface area contributed by atoms with Gasteiger partial charge in [-0.2, -0.15) is 5.26 Å². The fourth-order valence-corrected chi connectivity index (χ4v) is 2.16. The van der Waals surface area contributed by atoms with E-state index in [1.165, 1.54) is 4.80 Å². The Bertz CT molecular complexity index is 671. The zero-order chi connectivity index (χ0) is 15.4. The van der Waals surface area contributed by atoms with Gasteiger partial charge < -0.3 is 10.0 Å². The third-order valence-electron chi connectivity index (χ3n) is 3.33. The van der Waals surface area contributed by atoms with Crippen LogP contribution < -0.4 is 4.90 Å². The number of aliphatic hydroxyl groups is 1. The molecule has 0 saturated heterocycles. The smallest absolute Gasteiger partial charge is 0.207 e. The summed E-state index contributed by atoms with van der Waals surface area (Å²) >= 11 is 0. The molecule has 1 aromatic heterocycles. The first kappa shape index (κ1) is 15.0. The minimum Gasteiger partial charge on any atom is -0.395 e. The zero-order valence-electron chi connectivity index (χ0n) is 12.5. The number of likely N-dealkylation sites (N-methyl/N-ethyl adjacent to an activating group) is 1. The van der Waals surface area contributed by atoms with Crippen LogP contribution in [0.4, 0.5) is 5.82 Å². The van der Waals surface area contributed by atoms with Crippen molar-refractivity contribution in [2.75, 3.05) is 24.6 Å². The van der Waals surface area contributed by atoms with E-state index in [0.717, 1.165) is 16.8 Å². The summed E-state index contributed by atoms with van der Waals surface area (Å²) in [6.07, 6.45) is 0. The lowest BCUT2D eigenvalue weighted by molar-refractivity contribution is 0.302. The minimum absolute atomic E-state index is 0.00897. The molecule has 0 spiro atoms. The molecule has 6 heteroatoms. The van der Waals surface area contributed by atoms with E-state index >= 15 is 0 Å². The molecule has 110 valence electrons. The largest absolute Gasteiger partial charge is 0.395 e. The topological polar surface area (TPSA) is 78.0 Å². The minimum atomic E-state index is 0.00897. The van der Waals surface area contributed by atoms with Crippen molar-refractivity contribution in [3.63, 3.8) is 0 Å². The van der Waals surface area contributed by atoms with Gasteiger partial charge in [-0.25, -0.2) is 0 Å². The maximum Gasteiger partial charge on any atom is 0.207 e. The fraction of sp³-hybridized carbons (Fsp3) is 0.400. The number of benzene rings is 1. The Morgan fingerprint density at radius 3 is 2.71 bits per heavy atom. The van der Waals surface area contributed by atoms with Crippen LogP contribution in [0, 0.1) is 25.2 Å². The highest BCUT2D eigenvalue weighted by molar-refractivity contribution is 5.51. The van der Waals surface area contributed by atoms with E-state index in [2.05, 4.69) is 16.3 Å². The summed E-state index contributed by atoms with van der Waals surface area (Å²) in [7, 11) is 0. The van der Waals surface area contributed by atoms with Gasteiger partial charge in [0.25, 0.3) is 0 Å². The second-order valence-electron chi connectivity index (χ2n) is 4.87. The molecule has 21 heavy (non-hydrogen) atoms. The maximum absolute atomic E-state index is 9.26. The fourth-order valence-electron chi connectivity index (χ4n) is 2.16. The average molecular weight is 285 g/mol. The van der Waals surface area contributed by atoms with E-state index in [9.17, 15) is 5.26 Å². The summed E-state index contributed by atoms with van der Waals surface area (Å²) in [5, 5.41) is 27.1. The van der Waals surface area contributed by atoms with Crippen LogP contribution in [0.3, 0.4) is 0 Å². The number of aliphatic hydroxyl groups excluding tert-OH is 1. The molecule has 0 bridgehead atoms. The summed E-state index contributed by atoms with van der Waals surface area (Å²) in [5.41, 5.74) is 3.27. The van der Waals surface area contributed by atoms with Crippen molar-refractivity contribution in [1.82, 2.24) is 15.0 Å². The monoisotopic (exact) mass is 285 g/mol. The Hall–Kier alpha value is -2.39. The number of hydrogen-bond acceptors (Lipinski definition) is 5. The van der Waals surface area contributed by atoms with Crippen LogP contribution in [0.5, 0.6) is 0 Å². The van der Waals surface area contributed by atoms with Crippen molar-refractivity contribution in [1.29, 1.82) is 5.26 Å². The van der Waals surface area contributed by atoms with Gasteiger partial charge in [-0.15, -0.1) is 15.0 Å². The molecule has 0 fully saturated rings. The maximum atomic E-state index is 9.26. The molecule has 0 aliphatic heterocycles. The normalized spacial score (nSPS) is 10.4. The van der Waals surface area contributed by atoms with Gasteiger partial charge in [0.05, 0.1) is 12.3 Å². The van der Waals surface area contributed by atoms with Crippen molar-refractivity contribution in [3.8, 4) is 11.8 Å². The predicted molar refractivity (Wildman–Crippen MR) is 80.5 cm³/mol. The molecule has 2 aromatic rings. The van der Waals surface area contributed by atoms with Gasteiger partial charge in [0.2, 0.25) is 5.69 Å². The van der Waals surface area contributed by atoms with Gasteiger partial charge >= 0.3 is 0 Å². The summed E-state index contributed by atoms with van der Waals surface area (Å²) < 4.78 is 0. The van der Waals surface area contributed by atoms with Gasteiger partial charge in [-0.05, 0) is 38.0 Å². The number of nitriles is 1. The Morgan fingerprint density at radius 1 is 1.33 bits per heavy atom. The van der Waals surface area contributed by atoms with Crippen LogP contribution in [0.2, 0.25) is 0 Å². The van der Waals surface area contributed by atoms with E-state index in [-0.39, 0.29) is 12.3 Å². The third kappa shape index (κ3) is 3.03. The molecule has 1 aromatic carbocycles. The van der Waals surface area contributed by atoms with Crippen LogP contribution in [0.15, 0.2) is 18.2 Å². The molecule has 0 saturated carbocycles. The Balaban J connectivity index is 2.50. The SMILES string of the molecule is CCN(CCO)c1nn(-c2cc(C)ccc2C)nc1C#N. The highest BCUT2D eigenvalue weighted by Crippen LogP contribution is 2.19. The first-order chi connectivity index (χ1) is 10.1. The van der Waals surface area contributed by atoms with E-state index < -0.39 is 0 Å². The van der Waals surface area contributed by atoms with Gasteiger partial charge in [0.15, 0.2) is 5.82 Å². The van der Waals surface area contributed by atoms with Crippen LogP contribution >= 0.6 is 0 Å². The Kier molecular flexibility index (Phi) is 4.55. The van der Waals surface area contributed by atoms with Gasteiger partial charge in [0, 0.05) is 13.1 Å². The summed E-state index contributed by atoms with van der Waals surface area (Å²) in [5.74, 6) is 0.509. The Labute approximate surface area is 124 Å². The second kappa shape index (κ2) is 6.37. The second-order valence-corrected chi connectivity index (χ2v) is 4.87. The van der Waals surface area contributed by atoms with Crippen molar-refractivity contribution in [3.05, 3.63) is 35.0 Å². The molecule has 0 unspecified atom stereocenters. The van der Waals surface area contributed by atoms with Crippen molar-refractivity contribution in [2.24, 2.45) is 0 Å². The molecule has 6 nitrogen and oxygen atoms in total. The molecule has 0 atom stereocenters. The van der Waals surface area contributed by atoms with Crippen LogP contribution in [-0.4, -0.2) is 39.8 Å². The van der Waals surface area contributed by atoms with Crippen molar-refractivity contribution >= 4 is 5.82 Å². The number of aromatic nitrogens is 3. The average Bonchev–Trinajstić information content (AvgIpc) is 2.91. The molecule has 1 N–H and O–H groups in total. The van der Waals surface area contributed by atoms with E-state index in [4.69, 9.17) is 5.11 Å². The summed E-state index contributed by atoms with van der Waals surface area (Å²) in [6.45, 7) is 7.03. The van der Waals surface area contributed by atoms with E-state index in [1.807, 2.05) is 43.9 Å². The van der Waals surface area contributed by atoms with Crippen molar-refractivity contribution in [2.45, 2.75) is 20.8 Å². The lowest BCUT2D eigenvalue weighted by Crippen LogP contribution is -2.27. The first-order valence-corrected chi connectivity index (χ1v) is 6.91. The summed E-state index contributed by atoms with van der Waals surface area (Å²) in [6, 6.07) is 8.10. The number of aryl methyl sites for hydroxylation is 2. The van der Waals surface area contributed by atoms with Gasteiger partial charge in [-0.3, -0.25) is 0 Å². The molecule has 0 amide bonds. The number of rotatable bonds is 5. The molecule has 1 heterocycles. The molecule has 2 rings (SSSR count). The van der Waals surface area contributed by atoms with Crippen molar-refractivity contribution < 1.29 is 5.11 Å². The van der Waals surface area contributed by atoms with Gasteiger partial charge in [0.1, 0.15) is 6.07 Å². The number of nitrogens with zero attached hydrogens (tertiary/aromatic N) is 5. The molecule has 0 aliphatic rings. The number of hydrogen-bond donors (Lipinski definition) is 1. The van der Waals surface area contributed by atoms with Crippen LogP contribution in [-0.2, 0) is 0 Å². The van der Waals surface area contributed by atoms with E-state index in [0.29, 0.717) is 18.9 Å². The Morgan fingerprint density at radius 2 is 2.10 bits per heavy atom.